The number of aliphatic carboxylic acids is 2. The Kier molecular flexibility index (Phi) is 20.0. The van der Waals surface area contributed by atoms with Crippen molar-refractivity contribution in [1.29, 1.82) is 0 Å². The second-order valence-electron chi connectivity index (χ2n) is 8.11. The van der Waals surface area contributed by atoms with Gasteiger partial charge in [-0.3, -0.25) is 14.4 Å². The average Bonchev–Trinajstić information content (AvgIpc) is 2.86. The molecule has 9 nitrogen and oxygen atoms in total. The molecule has 0 saturated carbocycles. The molecule has 32 heavy (non-hydrogen) atoms. The van der Waals surface area contributed by atoms with E-state index in [0.29, 0.717) is 19.4 Å². The Bertz CT molecular complexity index is 480. The van der Waals surface area contributed by atoms with Crippen molar-refractivity contribution in [3.05, 3.63) is 0 Å². The zero-order valence-corrected chi connectivity index (χ0v) is 20.0. The highest BCUT2D eigenvalue weighted by molar-refractivity contribution is 5.92. The van der Waals surface area contributed by atoms with E-state index >= 15 is 0 Å². The predicted octanol–water partition coefficient (Wildman–Crippen LogP) is 2.39. The van der Waals surface area contributed by atoms with E-state index < -0.39 is 17.9 Å². The first-order valence-electron chi connectivity index (χ1n) is 12.2. The Morgan fingerprint density at radius 2 is 1.41 bits per heavy atom. The summed E-state index contributed by atoms with van der Waals surface area (Å²) in [5.41, 5.74) is 0. The Morgan fingerprint density at radius 1 is 0.844 bits per heavy atom. The van der Waals surface area contributed by atoms with E-state index in [1.54, 1.807) is 0 Å². The highest BCUT2D eigenvalue weighted by atomic mass is 16.5. The number of carboxylic acid groups (broad SMARTS) is 2. The Labute approximate surface area is 193 Å². The normalized spacial score (nSPS) is 16.8. The lowest BCUT2D eigenvalue weighted by atomic mass is 10.0. The molecule has 9 heteroatoms. The number of carbonyl (C=O) groups excluding carboxylic acids is 1. The Morgan fingerprint density at radius 3 is 2.00 bits per heavy atom. The highest BCUT2D eigenvalue weighted by Crippen LogP contribution is 2.13. The van der Waals surface area contributed by atoms with Crippen molar-refractivity contribution in [2.75, 3.05) is 39.3 Å². The fourth-order valence-corrected chi connectivity index (χ4v) is 3.42. The number of hydrogen-bond donors (Lipinski definition) is 5. The van der Waals surface area contributed by atoms with Gasteiger partial charge in [0.1, 0.15) is 0 Å². The van der Waals surface area contributed by atoms with E-state index in [9.17, 15) is 14.4 Å². The lowest BCUT2D eigenvalue weighted by molar-refractivity contribution is -0.155. The number of rotatable bonds is 14. The molecule has 1 saturated heterocycles. The van der Waals surface area contributed by atoms with E-state index in [4.69, 9.17) is 14.9 Å². The van der Waals surface area contributed by atoms with E-state index in [0.717, 1.165) is 45.6 Å². The summed E-state index contributed by atoms with van der Waals surface area (Å²) in [4.78, 5) is 32.5. The van der Waals surface area contributed by atoms with Crippen LogP contribution in [0.4, 0.5) is 0 Å². The molecule has 1 fully saturated rings. The summed E-state index contributed by atoms with van der Waals surface area (Å²) in [6.45, 7) is 9.05. The quantitative estimate of drug-likeness (QED) is 0.151. The standard InChI is InChI=1S/C13H24O4.C10H21N3O2/c1-2-3-4-5-6-7-8-9-10-11(12(14)15)13(16)17;1-2-15-10(14)7-9-8-12-4-3-11-5-6-13-9/h11H,2-10H2,1H3,(H,14,15)(H,16,17);9,11-13H,2-8H2,1H3. The Balaban J connectivity index is 0.000000604. The number of unbranched alkanes of at least 4 members (excludes halogenated alkanes) is 7. The maximum absolute atomic E-state index is 11.3. The molecule has 0 aromatic heterocycles. The molecule has 0 bridgehead atoms. The van der Waals surface area contributed by atoms with Crippen LogP contribution in [0, 0.1) is 5.92 Å². The van der Waals surface area contributed by atoms with Gasteiger partial charge in [-0.05, 0) is 13.3 Å². The van der Waals surface area contributed by atoms with Crippen LogP contribution in [0.3, 0.4) is 0 Å². The fraction of sp³-hybridized carbons (Fsp3) is 0.870. The van der Waals surface area contributed by atoms with Crippen LogP contribution in [0.5, 0.6) is 0 Å². The van der Waals surface area contributed by atoms with Crippen LogP contribution in [-0.4, -0.2) is 73.5 Å². The van der Waals surface area contributed by atoms with Gasteiger partial charge in [-0.1, -0.05) is 58.3 Å². The van der Waals surface area contributed by atoms with Crippen molar-refractivity contribution < 1.29 is 29.3 Å². The number of esters is 1. The van der Waals surface area contributed by atoms with Gasteiger partial charge in [-0.15, -0.1) is 0 Å². The van der Waals surface area contributed by atoms with Crippen LogP contribution in [0.2, 0.25) is 0 Å². The zero-order valence-electron chi connectivity index (χ0n) is 20.0. The summed E-state index contributed by atoms with van der Waals surface area (Å²) in [5, 5.41) is 27.2. The summed E-state index contributed by atoms with van der Waals surface area (Å²) in [6, 6.07) is 0.184. The molecule has 0 amide bonds. The highest BCUT2D eigenvalue weighted by Gasteiger charge is 2.24. The van der Waals surface area contributed by atoms with Gasteiger partial charge in [-0.25, -0.2) is 0 Å². The number of ether oxygens (including phenoxy) is 1. The van der Waals surface area contributed by atoms with Crippen LogP contribution in [0.15, 0.2) is 0 Å². The average molecular weight is 460 g/mol. The van der Waals surface area contributed by atoms with Crippen LogP contribution in [-0.2, 0) is 19.1 Å². The SMILES string of the molecule is CCCCCCCCCCC(C(=O)O)C(=O)O.CCOC(=O)CC1CNCCNCCN1. The van der Waals surface area contributed by atoms with Crippen molar-refractivity contribution in [3.63, 3.8) is 0 Å². The van der Waals surface area contributed by atoms with Crippen molar-refractivity contribution >= 4 is 17.9 Å². The summed E-state index contributed by atoms with van der Waals surface area (Å²) in [5.74, 6) is -3.79. The summed E-state index contributed by atoms with van der Waals surface area (Å²) >= 11 is 0. The van der Waals surface area contributed by atoms with Crippen LogP contribution in [0.25, 0.3) is 0 Å². The van der Waals surface area contributed by atoms with Crippen LogP contribution in [0.1, 0.15) is 78.1 Å². The van der Waals surface area contributed by atoms with Gasteiger partial charge in [0.25, 0.3) is 0 Å². The second kappa shape index (κ2) is 21.2. The summed E-state index contributed by atoms with van der Waals surface area (Å²) in [6.07, 6.45) is 9.58. The van der Waals surface area contributed by atoms with Gasteiger partial charge in [-0.2, -0.15) is 0 Å². The first-order valence-corrected chi connectivity index (χ1v) is 12.2. The zero-order chi connectivity index (χ0) is 24.0. The molecule has 0 aliphatic carbocycles. The Hall–Kier alpha value is -1.71. The molecule has 188 valence electrons. The second-order valence-corrected chi connectivity index (χ2v) is 8.11. The van der Waals surface area contributed by atoms with Gasteiger partial charge >= 0.3 is 17.9 Å². The van der Waals surface area contributed by atoms with E-state index in [2.05, 4.69) is 22.9 Å². The van der Waals surface area contributed by atoms with Gasteiger partial charge in [0.2, 0.25) is 0 Å². The van der Waals surface area contributed by atoms with Gasteiger partial charge < -0.3 is 30.9 Å². The number of hydrogen-bond acceptors (Lipinski definition) is 7. The number of carboxylic acids is 2. The van der Waals surface area contributed by atoms with Crippen LogP contribution >= 0.6 is 0 Å². The van der Waals surface area contributed by atoms with Crippen molar-refractivity contribution in [2.24, 2.45) is 5.92 Å². The molecule has 1 atom stereocenters. The minimum absolute atomic E-state index is 0.121. The summed E-state index contributed by atoms with van der Waals surface area (Å²) in [7, 11) is 0. The van der Waals surface area contributed by atoms with Gasteiger partial charge in [0.15, 0.2) is 5.92 Å². The topological polar surface area (TPSA) is 137 Å². The third-order valence-corrected chi connectivity index (χ3v) is 5.27. The largest absolute Gasteiger partial charge is 0.481 e. The lowest BCUT2D eigenvalue weighted by Crippen LogP contribution is -2.41. The molecule has 1 rings (SSSR count). The third kappa shape index (κ3) is 17.9. The van der Waals surface area contributed by atoms with E-state index in [1.807, 2.05) is 6.92 Å². The molecule has 0 aromatic rings. The molecule has 0 aromatic carbocycles. The first kappa shape index (κ1) is 30.3. The van der Waals surface area contributed by atoms with Crippen molar-refractivity contribution in [1.82, 2.24) is 16.0 Å². The molecule has 0 spiro atoms. The van der Waals surface area contributed by atoms with Gasteiger partial charge in [0.05, 0.1) is 13.0 Å². The van der Waals surface area contributed by atoms with Crippen molar-refractivity contribution in [2.45, 2.75) is 84.1 Å². The monoisotopic (exact) mass is 459 g/mol. The maximum Gasteiger partial charge on any atom is 0.317 e. The maximum atomic E-state index is 11.3. The van der Waals surface area contributed by atoms with E-state index in [-0.39, 0.29) is 18.4 Å². The fourth-order valence-electron chi connectivity index (χ4n) is 3.42. The smallest absolute Gasteiger partial charge is 0.317 e. The van der Waals surface area contributed by atoms with Crippen molar-refractivity contribution in [3.8, 4) is 0 Å². The molecular weight excluding hydrogens is 414 g/mol. The molecule has 0 radical (unpaired) electrons. The minimum atomic E-state index is -1.23. The molecular formula is C23H45N3O6. The molecule has 1 unspecified atom stereocenters. The third-order valence-electron chi connectivity index (χ3n) is 5.27. The minimum Gasteiger partial charge on any atom is -0.481 e. The first-order chi connectivity index (χ1) is 15.4. The molecule has 1 aliphatic heterocycles. The van der Waals surface area contributed by atoms with Crippen LogP contribution < -0.4 is 16.0 Å². The molecule has 1 heterocycles. The van der Waals surface area contributed by atoms with Gasteiger partial charge in [0, 0.05) is 38.8 Å². The number of carbonyl (C=O) groups is 3. The molecule has 1 aliphatic rings. The summed E-state index contributed by atoms with van der Waals surface area (Å²) < 4.78 is 4.93. The van der Waals surface area contributed by atoms with E-state index in [1.165, 1.54) is 32.1 Å². The molecule has 5 N–H and O–H groups in total. The predicted molar refractivity (Wildman–Crippen MR) is 125 cm³/mol. The lowest BCUT2D eigenvalue weighted by Gasteiger charge is -2.16. The number of nitrogens with one attached hydrogen (secondary N) is 3.